The van der Waals surface area contributed by atoms with Gasteiger partial charge < -0.3 is 29.3 Å². The van der Waals surface area contributed by atoms with Gasteiger partial charge in [-0.25, -0.2) is 9.78 Å². The topological polar surface area (TPSA) is 130 Å². The molecule has 0 saturated carbocycles. The number of aldehydes is 1. The van der Waals surface area contributed by atoms with Gasteiger partial charge in [-0.2, -0.15) is 4.98 Å². The lowest BCUT2D eigenvalue weighted by Crippen LogP contribution is -2.47. The predicted molar refractivity (Wildman–Crippen MR) is 128 cm³/mol. The molecule has 3 N–H and O–H groups in total. The lowest BCUT2D eigenvalue weighted by atomic mass is 9.94. The number of aliphatic hydroxyl groups is 1. The summed E-state index contributed by atoms with van der Waals surface area (Å²) < 4.78 is 11.2. The molecule has 2 amide bonds. The number of fused-ring (bicyclic) bond motifs is 2. The molecule has 2 atom stereocenters. The SMILES string of the molecule is C[C@H]1c2sc(NC(=O)NCC3(O)CCOCC3)nc2C[C@@H](C=O)N1c1nc2cc(Cl)ccc2o1. The Morgan fingerprint density at radius 1 is 1.38 bits per heavy atom. The highest BCUT2D eigenvalue weighted by molar-refractivity contribution is 7.16. The molecule has 34 heavy (non-hydrogen) atoms. The smallest absolute Gasteiger partial charge is 0.321 e. The van der Waals surface area contributed by atoms with Crippen molar-refractivity contribution in [2.24, 2.45) is 0 Å². The number of rotatable bonds is 5. The van der Waals surface area contributed by atoms with Crippen LogP contribution in [0.15, 0.2) is 22.6 Å². The van der Waals surface area contributed by atoms with E-state index in [-0.39, 0.29) is 12.6 Å². The fourth-order valence-electron chi connectivity index (χ4n) is 4.33. The number of benzene rings is 1. The number of thiazole rings is 1. The van der Waals surface area contributed by atoms with E-state index in [2.05, 4.69) is 20.6 Å². The molecule has 1 fully saturated rings. The third-order valence-corrected chi connectivity index (χ3v) is 7.64. The molecule has 180 valence electrons. The average Bonchev–Trinajstić information content (AvgIpc) is 3.41. The molecule has 1 saturated heterocycles. The van der Waals surface area contributed by atoms with Crippen molar-refractivity contribution in [3.8, 4) is 0 Å². The minimum atomic E-state index is -0.965. The van der Waals surface area contributed by atoms with Crippen molar-refractivity contribution in [2.75, 3.05) is 30.0 Å². The summed E-state index contributed by atoms with van der Waals surface area (Å²) in [5.74, 6) is 0. The molecule has 2 aliphatic rings. The van der Waals surface area contributed by atoms with Crippen LogP contribution < -0.4 is 15.5 Å². The zero-order valence-electron chi connectivity index (χ0n) is 18.4. The molecule has 2 aliphatic heterocycles. The van der Waals surface area contributed by atoms with Gasteiger partial charge in [0.1, 0.15) is 11.8 Å². The number of hydrogen-bond donors (Lipinski definition) is 3. The molecule has 0 bridgehead atoms. The van der Waals surface area contributed by atoms with Crippen LogP contribution in [0.3, 0.4) is 0 Å². The van der Waals surface area contributed by atoms with E-state index in [1.807, 2.05) is 11.8 Å². The summed E-state index contributed by atoms with van der Waals surface area (Å²) in [6, 6.07) is 4.30. The van der Waals surface area contributed by atoms with Gasteiger partial charge in [0.2, 0.25) is 0 Å². The number of halogens is 1. The van der Waals surface area contributed by atoms with Gasteiger partial charge in [0.15, 0.2) is 10.7 Å². The zero-order valence-corrected chi connectivity index (χ0v) is 20.0. The Morgan fingerprint density at radius 2 is 2.18 bits per heavy atom. The van der Waals surface area contributed by atoms with Crippen LogP contribution in [0.1, 0.15) is 36.4 Å². The molecule has 5 rings (SSSR count). The van der Waals surface area contributed by atoms with Gasteiger partial charge in [-0.3, -0.25) is 5.32 Å². The Morgan fingerprint density at radius 3 is 2.94 bits per heavy atom. The molecule has 10 nitrogen and oxygen atoms in total. The quantitative estimate of drug-likeness (QED) is 0.450. The molecule has 3 aromatic rings. The Kier molecular flexibility index (Phi) is 6.19. The van der Waals surface area contributed by atoms with Gasteiger partial charge in [-0.05, 0) is 25.1 Å². The first-order valence-corrected chi connectivity index (χ1v) is 12.2. The first-order valence-electron chi connectivity index (χ1n) is 11.0. The third kappa shape index (κ3) is 4.48. The maximum absolute atomic E-state index is 12.4. The van der Waals surface area contributed by atoms with Gasteiger partial charge >= 0.3 is 6.03 Å². The number of nitrogens with zero attached hydrogens (tertiary/aromatic N) is 3. The summed E-state index contributed by atoms with van der Waals surface area (Å²) in [6.45, 7) is 3.02. The van der Waals surface area contributed by atoms with Crippen molar-refractivity contribution in [1.82, 2.24) is 15.3 Å². The molecular formula is C22H24ClN5O5S. The zero-order chi connectivity index (χ0) is 23.9. The van der Waals surface area contributed by atoms with Crippen LogP contribution in [-0.4, -0.2) is 58.8 Å². The van der Waals surface area contributed by atoms with Crippen molar-refractivity contribution < 1.29 is 23.8 Å². The fourth-order valence-corrected chi connectivity index (χ4v) is 5.54. The predicted octanol–water partition coefficient (Wildman–Crippen LogP) is 3.29. The van der Waals surface area contributed by atoms with Gasteiger partial charge in [0, 0.05) is 44.0 Å². The number of nitrogens with one attached hydrogen (secondary N) is 2. The highest BCUT2D eigenvalue weighted by atomic mass is 35.5. The minimum absolute atomic E-state index is 0.131. The molecule has 0 unspecified atom stereocenters. The molecule has 12 heteroatoms. The van der Waals surface area contributed by atoms with E-state index in [0.717, 1.165) is 16.9 Å². The lowest BCUT2D eigenvalue weighted by molar-refractivity contribution is -0.109. The number of carbonyl (C=O) groups is 2. The second kappa shape index (κ2) is 9.14. The summed E-state index contributed by atoms with van der Waals surface area (Å²) in [7, 11) is 0. The monoisotopic (exact) mass is 505 g/mol. The fraction of sp³-hybridized carbons (Fsp3) is 0.455. The van der Waals surface area contributed by atoms with E-state index in [0.29, 0.717) is 59.7 Å². The summed E-state index contributed by atoms with van der Waals surface area (Å²) in [6.07, 6.45) is 2.17. The van der Waals surface area contributed by atoms with Crippen molar-refractivity contribution >= 4 is 57.5 Å². The third-order valence-electron chi connectivity index (χ3n) is 6.22. The van der Waals surface area contributed by atoms with E-state index in [1.165, 1.54) is 11.3 Å². The normalized spacial score (nSPS) is 21.8. The van der Waals surface area contributed by atoms with E-state index in [4.69, 9.17) is 20.8 Å². The molecule has 0 radical (unpaired) electrons. The largest absolute Gasteiger partial charge is 0.423 e. The maximum Gasteiger partial charge on any atom is 0.321 e. The van der Waals surface area contributed by atoms with E-state index in [9.17, 15) is 14.7 Å². The Bertz CT molecular complexity index is 1220. The van der Waals surface area contributed by atoms with Crippen LogP contribution in [0.4, 0.5) is 15.9 Å². The number of ether oxygens (including phenoxy) is 1. The highest BCUT2D eigenvalue weighted by Gasteiger charge is 2.37. The van der Waals surface area contributed by atoms with E-state index >= 15 is 0 Å². The number of carbonyl (C=O) groups excluding carboxylic acids is 2. The van der Waals surface area contributed by atoms with Crippen LogP contribution in [0.5, 0.6) is 0 Å². The van der Waals surface area contributed by atoms with E-state index < -0.39 is 17.7 Å². The average molecular weight is 506 g/mol. The second-order valence-corrected chi connectivity index (χ2v) is 10.0. The number of amides is 2. The highest BCUT2D eigenvalue weighted by Crippen LogP contribution is 2.41. The van der Waals surface area contributed by atoms with Gasteiger partial charge in [-0.1, -0.05) is 22.9 Å². The minimum Gasteiger partial charge on any atom is -0.423 e. The number of hydrogen-bond acceptors (Lipinski definition) is 9. The maximum atomic E-state index is 12.4. The standard InChI is InChI=1S/C22H24ClN5O5S/c1-12-18-16(25-20(34-18)27-19(30)24-11-22(31)4-6-32-7-5-22)9-14(10-29)28(12)21-26-15-8-13(23)2-3-17(15)33-21/h2-3,8,10,12,14,31H,4-7,9,11H2,1H3,(H2,24,25,27,30)/t12-,14-/m0/s1. The van der Waals surface area contributed by atoms with Crippen molar-refractivity contribution in [3.63, 3.8) is 0 Å². The summed E-state index contributed by atoms with van der Waals surface area (Å²) >= 11 is 7.41. The Labute approximate surface area is 204 Å². The van der Waals surface area contributed by atoms with Crippen LogP contribution in [-0.2, 0) is 16.0 Å². The number of oxazole rings is 1. The summed E-state index contributed by atoms with van der Waals surface area (Å²) in [4.78, 5) is 36.2. The molecular weight excluding hydrogens is 482 g/mol. The first-order chi connectivity index (χ1) is 16.3. The number of urea groups is 1. The van der Waals surface area contributed by atoms with Crippen LogP contribution in [0.2, 0.25) is 5.02 Å². The Balaban J connectivity index is 1.32. The first kappa shape index (κ1) is 23.0. The molecule has 2 aromatic heterocycles. The van der Waals surface area contributed by atoms with E-state index in [1.54, 1.807) is 18.2 Å². The molecule has 0 aliphatic carbocycles. The summed E-state index contributed by atoms with van der Waals surface area (Å²) in [5, 5.41) is 17.0. The van der Waals surface area contributed by atoms with Crippen LogP contribution in [0, 0.1) is 0 Å². The lowest BCUT2D eigenvalue weighted by Gasteiger charge is -2.35. The van der Waals surface area contributed by atoms with Gasteiger partial charge in [0.25, 0.3) is 6.01 Å². The number of aromatic nitrogens is 2. The molecule has 4 heterocycles. The molecule has 0 spiro atoms. The number of anilines is 2. The van der Waals surface area contributed by atoms with Crippen molar-refractivity contribution in [2.45, 2.75) is 43.9 Å². The van der Waals surface area contributed by atoms with Crippen LogP contribution >= 0.6 is 22.9 Å². The molecule has 1 aromatic carbocycles. The second-order valence-electron chi connectivity index (χ2n) is 8.57. The van der Waals surface area contributed by atoms with Crippen molar-refractivity contribution in [3.05, 3.63) is 33.8 Å². The van der Waals surface area contributed by atoms with Crippen molar-refractivity contribution in [1.29, 1.82) is 0 Å². The Hall–Kier alpha value is -2.73. The summed E-state index contributed by atoms with van der Waals surface area (Å²) in [5.41, 5.74) is 0.979. The van der Waals surface area contributed by atoms with Gasteiger partial charge in [0.05, 0.1) is 28.3 Å². The van der Waals surface area contributed by atoms with Gasteiger partial charge in [-0.15, -0.1) is 0 Å². The van der Waals surface area contributed by atoms with Crippen LogP contribution in [0.25, 0.3) is 11.1 Å².